The van der Waals surface area contributed by atoms with Gasteiger partial charge in [-0.25, -0.2) is 4.39 Å². The Bertz CT molecular complexity index is 779. The maximum atomic E-state index is 13.6. The molecule has 1 nitrogen and oxygen atoms in total. The molecule has 6 heteroatoms. The number of hydrogen-bond donors (Lipinski definition) is 0. The molecule has 2 heterocycles. The number of halogens is 4. The Balaban J connectivity index is 1.95. The Morgan fingerprint density at radius 3 is 2.52 bits per heavy atom. The van der Waals surface area contributed by atoms with Gasteiger partial charge in [0, 0.05) is 27.5 Å². The van der Waals surface area contributed by atoms with Crippen molar-refractivity contribution in [2.75, 3.05) is 6.61 Å². The van der Waals surface area contributed by atoms with Gasteiger partial charge in [0.2, 0.25) is 0 Å². The molecule has 4 rings (SSSR count). The average molecular weight is 340 g/mol. The Kier molecular flexibility index (Phi) is 3.25. The number of benzene rings is 2. The highest BCUT2D eigenvalue weighted by Gasteiger charge is 2.46. The molecule has 0 saturated carbocycles. The fourth-order valence-electron chi connectivity index (χ4n) is 3.35. The van der Waals surface area contributed by atoms with E-state index in [1.54, 1.807) is 6.07 Å². The second-order valence-corrected chi connectivity index (χ2v) is 6.81. The largest absolute Gasteiger partial charge is 0.416 e. The van der Waals surface area contributed by atoms with E-state index < -0.39 is 17.3 Å². The summed E-state index contributed by atoms with van der Waals surface area (Å²) in [6.07, 6.45) is -3.04. The summed E-state index contributed by atoms with van der Waals surface area (Å²) in [6, 6.07) is 8.09. The first-order valence-electron chi connectivity index (χ1n) is 7.24. The molecule has 0 aliphatic carbocycles. The van der Waals surface area contributed by atoms with Crippen molar-refractivity contribution < 1.29 is 22.3 Å². The van der Waals surface area contributed by atoms with Gasteiger partial charge < -0.3 is 4.74 Å². The van der Waals surface area contributed by atoms with Crippen LogP contribution < -0.4 is 0 Å². The van der Waals surface area contributed by atoms with Crippen LogP contribution in [0, 0.1) is 5.82 Å². The van der Waals surface area contributed by atoms with Crippen LogP contribution in [0.5, 0.6) is 0 Å². The molecule has 2 aromatic carbocycles. The highest BCUT2D eigenvalue weighted by molar-refractivity contribution is 7.99. The number of rotatable bonds is 0. The van der Waals surface area contributed by atoms with Gasteiger partial charge in [0.25, 0.3) is 0 Å². The molecule has 0 radical (unpaired) electrons. The predicted molar refractivity (Wildman–Crippen MR) is 77.9 cm³/mol. The summed E-state index contributed by atoms with van der Waals surface area (Å²) in [5.41, 5.74) is -0.287. The molecule has 0 amide bonds. The van der Waals surface area contributed by atoms with Gasteiger partial charge in [-0.1, -0.05) is 17.8 Å². The molecular formula is C17H12F4OS. The van der Waals surface area contributed by atoms with Crippen LogP contribution in [0.3, 0.4) is 0 Å². The number of alkyl halides is 3. The van der Waals surface area contributed by atoms with Crippen molar-refractivity contribution in [3.63, 3.8) is 0 Å². The van der Waals surface area contributed by atoms with Gasteiger partial charge in [-0.3, -0.25) is 0 Å². The molecule has 2 aliphatic heterocycles. The average Bonchev–Trinajstić information content (AvgIpc) is 2.96. The van der Waals surface area contributed by atoms with Crippen molar-refractivity contribution in [1.29, 1.82) is 0 Å². The van der Waals surface area contributed by atoms with E-state index >= 15 is 0 Å². The number of hydrogen-bond acceptors (Lipinski definition) is 2. The lowest BCUT2D eigenvalue weighted by molar-refractivity contribution is -0.137. The zero-order valence-corrected chi connectivity index (χ0v) is 12.7. The Morgan fingerprint density at radius 2 is 1.83 bits per heavy atom. The first kappa shape index (κ1) is 15.0. The maximum absolute atomic E-state index is 13.6. The van der Waals surface area contributed by atoms with Crippen LogP contribution in [0.4, 0.5) is 17.6 Å². The lowest BCUT2D eigenvalue weighted by Gasteiger charge is -2.37. The van der Waals surface area contributed by atoms with Crippen LogP contribution in [0.25, 0.3) is 0 Å². The minimum absolute atomic E-state index is 0.361. The van der Waals surface area contributed by atoms with E-state index in [0.717, 1.165) is 18.1 Å². The lowest BCUT2D eigenvalue weighted by Crippen LogP contribution is -2.30. The summed E-state index contributed by atoms with van der Waals surface area (Å²) < 4.78 is 58.8. The van der Waals surface area contributed by atoms with Crippen LogP contribution in [0.2, 0.25) is 0 Å². The summed E-state index contributed by atoms with van der Waals surface area (Å²) in [5.74, 6) is -0.361. The maximum Gasteiger partial charge on any atom is 0.416 e. The number of ether oxygens (including phenoxy) is 1. The van der Waals surface area contributed by atoms with Crippen LogP contribution >= 0.6 is 11.8 Å². The summed E-state index contributed by atoms with van der Waals surface area (Å²) in [6.45, 7) is 0.483. The summed E-state index contributed by atoms with van der Waals surface area (Å²) in [4.78, 5) is 1.40. The van der Waals surface area contributed by atoms with Crippen LogP contribution in [0.15, 0.2) is 46.2 Å². The minimum atomic E-state index is -4.40. The monoisotopic (exact) mass is 340 g/mol. The smallest absolute Gasteiger partial charge is 0.365 e. The Hall–Kier alpha value is -1.53. The van der Waals surface area contributed by atoms with E-state index in [1.165, 1.54) is 36.0 Å². The SMILES string of the molecule is Fc1ccc2c(c1)Sc1ccc(C(F)(F)F)cc1C21CCCO1. The fourth-order valence-corrected chi connectivity index (χ4v) is 4.57. The molecule has 1 spiro atoms. The van der Waals surface area contributed by atoms with Gasteiger partial charge in [0.1, 0.15) is 11.4 Å². The molecule has 0 aromatic heterocycles. The molecule has 1 atom stereocenters. The van der Waals surface area contributed by atoms with Crippen LogP contribution in [-0.2, 0) is 16.5 Å². The third-order valence-corrected chi connectivity index (χ3v) is 5.50. The van der Waals surface area contributed by atoms with E-state index in [0.29, 0.717) is 28.4 Å². The molecule has 1 unspecified atom stereocenters. The molecule has 120 valence electrons. The van der Waals surface area contributed by atoms with Crippen LogP contribution in [0.1, 0.15) is 29.5 Å². The van der Waals surface area contributed by atoms with Crippen molar-refractivity contribution in [2.45, 2.75) is 34.4 Å². The molecular weight excluding hydrogens is 328 g/mol. The minimum Gasteiger partial charge on any atom is -0.365 e. The second-order valence-electron chi connectivity index (χ2n) is 5.73. The summed E-state index contributed by atoms with van der Waals surface area (Å²) in [7, 11) is 0. The molecule has 2 aliphatic rings. The van der Waals surface area contributed by atoms with Crippen molar-refractivity contribution in [3.8, 4) is 0 Å². The quantitative estimate of drug-likeness (QED) is 0.597. The van der Waals surface area contributed by atoms with Crippen molar-refractivity contribution >= 4 is 11.8 Å². The molecule has 1 saturated heterocycles. The molecule has 1 fully saturated rings. The van der Waals surface area contributed by atoms with Crippen molar-refractivity contribution in [1.82, 2.24) is 0 Å². The Morgan fingerprint density at radius 1 is 1.00 bits per heavy atom. The molecule has 2 aromatic rings. The first-order chi connectivity index (χ1) is 10.9. The summed E-state index contributed by atoms with van der Waals surface area (Å²) in [5, 5.41) is 0. The van der Waals surface area contributed by atoms with Gasteiger partial charge in [0.05, 0.1) is 5.56 Å². The highest BCUT2D eigenvalue weighted by Crippen LogP contribution is 2.54. The van der Waals surface area contributed by atoms with Crippen molar-refractivity contribution in [2.24, 2.45) is 0 Å². The van der Waals surface area contributed by atoms with E-state index in [1.807, 2.05) is 0 Å². The third kappa shape index (κ3) is 2.27. The zero-order chi connectivity index (χ0) is 16.2. The predicted octanol–water partition coefficient (Wildman–Crippen LogP) is 5.36. The first-order valence-corrected chi connectivity index (χ1v) is 8.05. The van der Waals surface area contributed by atoms with Gasteiger partial charge in [-0.15, -0.1) is 0 Å². The standard InChI is InChI=1S/C17H12F4OS/c18-11-3-4-12-15(9-11)23-14-5-2-10(17(19,20)21)8-13(14)16(12)6-1-7-22-16/h2-5,8-9H,1,6-7H2. The number of fused-ring (bicyclic) bond motifs is 4. The van der Waals surface area contributed by atoms with E-state index in [2.05, 4.69) is 0 Å². The van der Waals surface area contributed by atoms with E-state index in [9.17, 15) is 17.6 Å². The van der Waals surface area contributed by atoms with Gasteiger partial charge in [0.15, 0.2) is 0 Å². The van der Waals surface area contributed by atoms with Crippen molar-refractivity contribution in [3.05, 3.63) is 58.9 Å². The Labute approximate surface area is 134 Å². The summed E-state index contributed by atoms with van der Waals surface area (Å²) >= 11 is 1.29. The highest BCUT2D eigenvalue weighted by atomic mass is 32.2. The molecule has 0 bridgehead atoms. The topological polar surface area (TPSA) is 9.23 Å². The second kappa shape index (κ2) is 4.98. The normalized spacial score (nSPS) is 23.0. The van der Waals surface area contributed by atoms with E-state index in [-0.39, 0.29) is 5.82 Å². The molecule has 0 N–H and O–H groups in total. The third-order valence-electron chi connectivity index (χ3n) is 4.36. The van der Waals surface area contributed by atoms with E-state index in [4.69, 9.17) is 4.74 Å². The van der Waals surface area contributed by atoms with Crippen LogP contribution in [-0.4, -0.2) is 6.61 Å². The fraction of sp³-hybridized carbons (Fsp3) is 0.294. The zero-order valence-electron chi connectivity index (χ0n) is 11.9. The van der Waals surface area contributed by atoms with Gasteiger partial charge in [-0.05, 0) is 43.2 Å². The van der Waals surface area contributed by atoms with Gasteiger partial charge >= 0.3 is 6.18 Å². The lowest BCUT2D eigenvalue weighted by atomic mass is 9.82. The van der Waals surface area contributed by atoms with Gasteiger partial charge in [-0.2, -0.15) is 13.2 Å². The molecule has 23 heavy (non-hydrogen) atoms.